The first kappa shape index (κ1) is 15.6. The Hall–Kier alpha value is -1.74. The van der Waals surface area contributed by atoms with Crippen LogP contribution in [-0.4, -0.2) is 13.6 Å². The first-order valence-electron chi connectivity index (χ1n) is 7.67. The van der Waals surface area contributed by atoms with Gasteiger partial charge in [-0.05, 0) is 62.2 Å². The molecule has 1 aromatic carbocycles. The topological polar surface area (TPSA) is 28.4 Å². The van der Waals surface area contributed by atoms with Gasteiger partial charge in [-0.15, -0.1) is 0 Å². The fourth-order valence-corrected chi connectivity index (χ4v) is 2.41. The van der Waals surface area contributed by atoms with Crippen molar-refractivity contribution in [2.75, 3.05) is 18.5 Å². The van der Waals surface area contributed by atoms with E-state index in [1.165, 1.54) is 23.2 Å². The molecule has 0 amide bonds. The van der Waals surface area contributed by atoms with Gasteiger partial charge in [-0.25, -0.2) is 0 Å². The zero-order valence-corrected chi connectivity index (χ0v) is 13.6. The number of nitrogens with zero attached hydrogens (tertiary/aromatic N) is 1. The van der Waals surface area contributed by atoms with Crippen LogP contribution in [0.5, 0.6) is 0 Å². The van der Waals surface area contributed by atoms with Crippen molar-refractivity contribution < 1.29 is 4.42 Å². The predicted molar refractivity (Wildman–Crippen MR) is 88.7 cm³/mol. The van der Waals surface area contributed by atoms with Crippen LogP contribution in [0, 0.1) is 13.8 Å². The molecular formula is C18H26N2O. The number of rotatable bonds is 7. The van der Waals surface area contributed by atoms with Gasteiger partial charge < -0.3 is 14.6 Å². The van der Waals surface area contributed by atoms with E-state index in [0.717, 1.165) is 31.2 Å². The van der Waals surface area contributed by atoms with E-state index in [0.29, 0.717) is 0 Å². The average molecular weight is 286 g/mol. The first-order valence-corrected chi connectivity index (χ1v) is 7.67. The Bertz CT molecular complexity index is 574. The van der Waals surface area contributed by atoms with E-state index in [-0.39, 0.29) is 0 Å². The summed E-state index contributed by atoms with van der Waals surface area (Å²) in [6, 6.07) is 10.7. The van der Waals surface area contributed by atoms with Gasteiger partial charge >= 0.3 is 0 Å². The normalized spacial score (nSPS) is 10.9. The third kappa shape index (κ3) is 4.36. The molecule has 0 fully saturated rings. The van der Waals surface area contributed by atoms with E-state index in [1.54, 1.807) is 0 Å². The molecule has 3 heteroatoms. The Morgan fingerprint density at radius 3 is 2.57 bits per heavy atom. The molecule has 0 aliphatic rings. The van der Waals surface area contributed by atoms with E-state index in [2.05, 4.69) is 49.3 Å². The summed E-state index contributed by atoms with van der Waals surface area (Å²) in [6.07, 6.45) is 1.17. The molecule has 21 heavy (non-hydrogen) atoms. The van der Waals surface area contributed by atoms with Crippen LogP contribution in [0.4, 0.5) is 5.69 Å². The molecule has 0 spiro atoms. The zero-order chi connectivity index (χ0) is 15.2. The molecule has 2 rings (SSSR count). The van der Waals surface area contributed by atoms with E-state index in [4.69, 9.17) is 4.42 Å². The van der Waals surface area contributed by atoms with Gasteiger partial charge in [0.25, 0.3) is 0 Å². The molecule has 0 aliphatic carbocycles. The third-order valence-corrected chi connectivity index (χ3v) is 3.70. The van der Waals surface area contributed by atoms with Crippen LogP contribution in [-0.2, 0) is 13.1 Å². The molecule has 0 saturated carbocycles. The molecule has 0 aliphatic heterocycles. The van der Waals surface area contributed by atoms with Crippen LogP contribution in [0.2, 0.25) is 0 Å². The summed E-state index contributed by atoms with van der Waals surface area (Å²) in [6.45, 7) is 9.15. The predicted octanol–water partition coefficient (Wildman–Crippen LogP) is 4.03. The second-order valence-electron chi connectivity index (χ2n) is 5.66. The molecule has 1 heterocycles. The van der Waals surface area contributed by atoms with Crippen molar-refractivity contribution in [1.82, 2.24) is 5.32 Å². The van der Waals surface area contributed by atoms with Crippen LogP contribution in [0.15, 0.2) is 34.7 Å². The van der Waals surface area contributed by atoms with Crippen LogP contribution in [0.3, 0.4) is 0 Å². The van der Waals surface area contributed by atoms with Gasteiger partial charge in [-0.1, -0.05) is 13.0 Å². The van der Waals surface area contributed by atoms with Crippen molar-refractivity contribution >= 4 is 5.69 Å². The Kier molecular flexibility index (Phi) is 5.45. The summed E-state index contributed by atoms with van der Waals surface area (Å²) in [5, 5.41) is 3.45. The third-order valence-electron chi connectivity index (χ3n) is 3.70. The first-order chi connectivity index (χ1) is 10.1. The molecule has 2 aromatic rings. The van der Waals surface area contributed by atoms with Crippen molar-refractivity contribution in [2.45, 2.75) is 40.3 Å². The maximum absolute atomic E-state index is 5.64. The summed E-state index contributed by atoms with van der Waals surface area (Å²) in [7, 11) is 2.10. The van der Waals surface area contributed by atoms with Crippen molar-refractivity contribution in [2.24, 2.45) is 0 Å². The molecule has 1 aromatic heterocycles. The molecule has 0 radical (unpaired) electrons. The Morgan fingerprint density at radius 1 is 1.14 bits per heavy atom. The standard InChI is InChI=1S/C18H26N2O/c1-5-10-19-12-16-7-8-17(11-14(16)2)20(4)13-18-9-6-15(3)21-18/h6-9,11,19H,5,10,12-13H2,1-4H3. The molecule has 0 bridgehead atoms. The lowest BCUT2D eigenvalue weighted by atomic mass is 10.1. The summed E-state index contributed by atoms with van der Waals surface area (Å²) < 4.78 is 5.64. The maximum atomic E-state index is 5.64. The highest BCUT2D eigenvalue weighted by atomic mass is 16.3. The van der Waals surface area contributed by atoms with Crippen molar-refractivity contribution in [3.63, 3.8) is 0 Å². The van der Waals surface area contributed by atoms with Gasteiger partial charge in [0, 0.05) is 19.3 Å². The molecule has 1 N–H and O–H groups in total. The second kappa shape index (κ2) is 7.32. The minimum absolute atomic E-state index is 0.792. The SMILES string of the molecule is CCCNCc1ccc(N(C)Cc2ccc(C)o2)cc1C. The summed E-state index contributed by atoms with van der Waals surface area (Å²) in [4.78, 5) is 2.22. The fraction of sp³-hybridized carbons (Fsp3) is 0.444. The van der Waals surface area contributed by atoms with Gasteiger partial charge in [0.1, 0.15) is 11.5 Å². The lowest BCUT2D eigenvalue weighted by molar-refractivity contribution is 0.482. The molecular weight excluding hydrogens is 260 g/mol. The summed E-state index contributed by atoms with van der Waals surface area (Å²) in [5.74, 6) is 1.97. The van der Waals surface area contributed by atoms with Crippen LogP contribution in [0.1, 0.15) is 36.0 Å². The smallest absolute Gasteiger partial charge is 0.123 e. The highest BCUT2D eigenvalue weighted by Crippen LogP contribution is 2.20. The van der Waals surface area contributed by atoms with Crippen molar-refractivity contribution in [3.8, 4) is 0 Å². The van der Waals surface area contributed by atoms with E-state index < -0.39 is 0 Å². The van der Waals surface area contributed by atoms with E-state index in [1.807, 2.05) is 19.1 Å². The zero-order valence-electron chi connectivity index (χ0n) is 13.6. The van der Waals surface area contributed by atoms with Crippen LogP contribution in [0.25, 0.3) is 0 Å². The average Bonchev–Trinajstić information content (AvgIpc) is 2.86. The number of aryl methyl sites for hydroxylation is 2. The van der Waals surface area contributed by atoms with Gasteiger partial charge in [-0.3, -0.25) is 0 Å². The molecule has 0 atom stereocenters. The van der Waals surface area contributed by atoms with Crippen molar-refractivity contribution in [1.29, 1.82) is 0 Å². The number of furan rings is 1. The Labute approximate surface area is 128 Å². The van der Waals surface area contributed by atoms with E-state index >= 15 is 0 Å². The van der Waals surface area contributed by atoms with Gasteiger partial charge in [0.05, 0.1) is 6.54 Å². The fourth-order valence-electron chi connectivity index (χ4n) is 2.41. The quantitative estimate of drug-likeness (QED) is 0.779. The maximum Gasteiger partial charge on any atom is 0.123 e. The number of nitrogens with one attached hydrogen (secondary N) is 1. The second-order valence-corrected chi connectivity index (χ2v) is 5.66. The number of benzene rings is 1. The Balaban J connectivity index is 2.01. The lowest BCUT2D eigenvalue weighted by Gasteiger charge is -2.19. The van der Waals surface area contributed by atoms with Gasteiger partial charge in [-0.2, -0.15) is 0 Å². The molecule has 114 valence electrons. The van der Waals surface area contributed by atoms with E-state index in [9.17, 15) is 0 Å². The van der Waals surface area contributed by atoms with Crippen LogP contribution < -0.4 is 10.2 Å². The molecule has 0 saturated heterocycles. The molecule has 3 nitrogen and oxygen atoms in total. The number of hydrogen-bond acceptors (Lipinski definition) is 3. The monoisotopic (exact) mass is 286 g/mol. The number of hydrogen-bond donors (Lipinski definition) is 1. The molecule has 0 unspecified atom stereocenters. The van der Waals surface area contributed by atoms with Crippen LogP contribution >= 0.6 is 0 Å². The van der Waals surface area contributed by atoms with Crippen molar-refractivity contribution in [3.05, 3.63) is 53.0 Å². The summed E-state index contributed by atoms with van der Waals surface area (Å²) in [5.41, 5.74) is 3.92. The minimum atomic E-state index is 0.792. The lowest BCUT2D eigenvalue weighted by Crippen LogP contribution is -2.17. The van der Waals surface area contributed by atoms with Gasteiger partial charge in [0.15, 0.2) is 0 Å². The number of anilines is 1. The minimum Gasteiger partial charge on any atom is -0.464 e. The van der Waals surface area contributed by atoms with Gasteiger partial charge in [0.2, 0.25) is 0 Å². The Morgan fingerprint density at radius 2 is 1.95 bits per heavy atom. The largest absolute Gasteiger partial charge is 0.464 e. The summed E-state index contributed by atoms with van der Waals surface area (Å²) >= 11 is 0. The highest BCUT2D eigenvalue weighted by Gasteiger charge is 2.07. The highest BCUT2D eigenvalue weighted by molar-refractivity contribution is 5.50.